The first-order valence-electron chi connectivity index (χ1n) is 7.25. The molecule has 0 amide bonds. The summed E-state index contributed by atoms with van der Waals surface area (Å²) in [5.41, 5.74) is 6.60. The molecule has 0 saturated heterocycles. The Kier molecular flexibility index (Phi) is 8.04. The van der Waals surface area contributed by atoms with Crippen LogP contribution in [0.4, 0.5) is 5.69 Å². The summed E-state index contributed by atoms with van der Waals surface area (Å²) in [7, 11) is 0. The maximum Gasteiger partial charge on any atom is 0.193 e. The highest BCUT2D eigenvalue weighted by molar-refractivity contribution is 5.94. The second-order valence-electron chi connectivity index (χ2n) is 4.11. The maximum atomic E-state index is 5.86. The highest BCUT2D eigenvalue weighted by Gasteiger charge is 2.07. The van der Waals surface area contributed by atoms with Gasteiger partial charge < -0.3 is 25.3 Å². The normalized spacial score (nSPS) is 11.3. The first kappa shape index (κ1) is 17.1. The second kappa shape index (κ2) is 9.88. The standard InChI is InChI=1S/C15H25N3O3/c1-4-19-10-9-17-15(16)18-13-11-12(20-5-2)7-8-14(13)21-6-3/h7-8,11H,4-6,9-10H2,1-3H3,(H3,16,17,18). The fraction of sp³-hybridized carbons (Fsp3) is 0.533. The Balaban J connectivity index is 2.75. The summed E-state index contributed by atoms with van der Waals surface area (Å²) in [5.74, 6) is 1.79. The molecule has 1 aromatic carbocycles. The lowest BCUT2D eigenvalue weighted by molar-refractivity contribution is 0.156. The van der Waals surface area contributed by atoms with Crippen molar-refractivity contribution in [3.05, 3.63) is 18.2 Å². The topological polar surface area (TPSA) is 78.1 Å². The van der Waals surface area contributed by atoms with Crippen molar-refractivity contribution in [1.29, 1.82) is 0 Å². The molecule has 0 aromatic heterocycles. The SMILES string of the molecule is CCOCCN=C(N)Nc1cc(OCC)ccc1OCC. The molecular formula is C15H25N3O3. The third-order valence-electron chi connectivity index (χ3n) is 2.55. The average molecular weight is 295 g/mol. The Morgan fingerprint density at radius 1 is 1.14 bits per heavy atom. The van der Waals surface area contributed by atoms with E-state index >= 15 is 0 Å². The number of rotatable bonds is 9. The summed E-state index contributed by atoms with van der Waals surface area (Å²) < 4.78 is 16.3. The maximum absolute atomic E-state index is 5.86. The molecule has 0 bridgehead atoms. The summed E-state index contributed by atoms with van der Waals surface area (Å²) >= 11 is 0. The lowest BCUT2D eigenvalue weighted by Gasteiger charge is -2.14. The van der Waals surface area contributed by atoms with Gasteiger partial charge in [0, 0.05) is 12.7 Å². The number of nitrogens with two attached hydrogens (primary N) is 1. The number of hydrogen-bond acceptors (Lipinski definition) is 4. The highest BCUT2D eigenvalue weighted by Crippen LogP contribution is 2.29. The van der Waals surface area contributed by atoms with Crippen LogP contribution in [-0.2, 0) is 4.74 Å². The molecule has 0 unspecified atom stereocenters. The van der Waals surface area contributed by atoms with E-state index in [-0.39, 0.29) is 0 Å². The summed E-state index contributed by atoms with van der Waals surface area (Å²) in [5, 5.41) is 3.04. The van der Waals surface area contributed by atoms with Crippen LogP contribution in [0.5, 0.6) is 11.5 Å². The van der Waals surface area contributed by atoms with Crippen molar-refractivity contribution < 1.29 is 14.2 Å². The molecule has 0 fully saturated rings. The molecule has 0 radical (unpaired) electrons. The van der Waals surface area contributed by atoms with Crippen LogP contribution in [0.2, 0.25) is 0 Å². The molecule has 0 saturated carbocycles. The summed E-state index contributed by atoms with van der Waals surface area (Å²) in [6, 6.07) is 5.56. The molecular weight excluding hydrogens is 270 g/mol. The number of anilines is 1. The molecule has 0 aliphatic carbocycles. The Bertz CT molecular complexity index is 450. The molecule has 0 atom stereocenters. The van der Waals surface area contributed by atoms with Crippen molar-refractivity contribution in [2.45, 2.75) is 20.8 Å². The van der Waals surface area contributed by atoms with Gasteiger partial charge in [0.15, 0.2) is 5.96 Å². The fourth-order valence-electron chi connectivity index (χ4n) is 1.70. The van der Waals surface area contributed by atoms with Crippen LogP contribution in [0.1, 0.15) is 20.8 Å². The Morgan fingerprint density at radius 3 is 2.57 bits per heavy atom. The van der Waals surface area contributed by atoms with Gasteiger partial charge in [-0.2, -0.15) is 0 Å². The van der Waals surface area contributed by atoms with E-state index in [0.717, 1.165) is 11.4 Å². The van der Waals surface area contributed by atoms with Crippen molar-refractivity contribution in [2.24, 2.45) is 10.7 Å². The van der Waals surface area contributed by atoms with E-state index in [1.165, 1.54) is 0 Å². The summed E-state index contributed by atoms with van der Waals surface area (Å²) in [6.45, 7) is 8.73. The van der Waals surface area contributed by atoms with E-state index in [1.54, 1.807) is 0 Å². The number of nitrogens with one attached hydrogen (secondary N) is 1. The molecule has 0 spiro atoms. The first-order chi connectivity index (χ1) is 10.2. The minimum absolute atomic E-state index is 0.323. The van der Waals surface area contributed by atoms with Crippen molar-refractivity contribution >= 4 is 11.6 Å². The molecule has 1 aromatic rings. The van der Waals surface area contributed by atoms with E-state index in [4.69, 9.17) is 19.9 Å². The highest BCUT2D eigenvalue weighted by atomic mass is 16.5. The molecule has 0 aliphatic rings. The van der Waals surface area contributed by atoms with Crippen molar-refractivity contribution in [1.82, 2.24) is 0 Å². The Labute approximate surface area is 126 Å². The predicted octanol–water partition coefficient (Wildman–Crippen LogP) is 2.25. The van der Waals surface area contributed by atoms with Crippen molar-refractivity contribution in [2.75, 3.05) is 38.3 Å². The number of hydrogen-bond donors (Lipinski definition) is 2. The second-order valence-corrected chi connectivity index (χ2v) is 4.11. The third kappa shape index (κ3) is 6.35. The van der Waals surface area contributed by atoms with Crippen LogP contribution >= 0.6 is 0 Å². The van der Waals surface area contributed by atoms with Gasteiger partial charge in [-0.3, -0.25) is 4.99 Å². The Hall–Kier alpha value is -1.95. The lowest BCUT2D eigenvalue weighted by atomic mass is 10.2. The molecule has 0 aliphatic heterocycles. The minimum atomic E-state index is 0.323. The van der Waals surface area contributed by atoms with Crippen LogP contribution in [-0.4, -0.2) is 38.9 Å². The smallest absolute Gasteiger partial charge is 0.193 e. The van der Waals surface area contributed by atoms with Crippen molar-refractivity contribution in [3.8, 4) is 11.5 Å². The number of ether oxygens (including phenoxy) is 3. The van der Waals surface area contributed by atoms with E-state index < -0.39 is 0 Å². The van der Waals surface area contributed by atoms with Gasteiger partial charge in [-0.25, -0.2) is 0 Å². The quantitative estimate of drug-likeness (QED) is 0.415. The molecule has 6 heteroatoms. The van der Waals surface area contributed by atoms with Gasteiger partial charge in [0.25, 0.3) is 0 Å². The molecule has 1 rings (SSSR count). The van der Waals surface area contributed by atoms with Gasteiger partial charge in [0.1, 0.15) is 11.5 Å². The zero-order chi connectivity index (χ0) is 15.5. The van der Waals surface area contributed by atoms with Gasteiger partial charge in [-0.1, -0.05) is 0 Å². The van der Waals surface area contributed by atoms with E-state index in [2.05, 4.69) is 10.3 Å². The summed E-state index contributed by atoms with van der Waals surface area (Å²) in [4.78, 5) is 4.20. The van der Waals surface area contributed by atoms with Crippen LogP contribution in [0.3, 0.4) is 0 Å². The Morgan fingerprint density at radius 2 is 1.90 bits per heavy atom. The van der Waals surface area contributed by atoms with Gasteiger partial charge in [0.05, 0.1) is 32.1 Å². The molecule has 0 heterocycles. The largest absolute Gasteiger partial charge is 0.494 e. The number of benzene rings is 1. The van der Waals surface area contributed by atoms with Gasteiger partial charge in [-0.15, -0.1) is 0 Å². The summed E-state index contributed by atoms with van der Waals surface area (Å²) in [6.07, 6.45) is 0. The van der Waals surface area contributed by atoms with Crippen LogP contribution in [0.15, 0.2) is 23.2 Å². The van der Waals surface area contributed by atoms with E-state index in [0.29, 0.717) is 44.7 Å². The third-order valence-corrected chi connectivity index (χ3v) is 2.55. The lowest BCUT2D eigenvalue weighted by Crippen LogP contribution is -2.23. The van der Waals surface area contributed by atoms with Crippen LogP contribution in [0.25, 0.3) is 0 Å². The molecule has 118 valence electrons. The minimum Gasteiger partial charge on any atom is -0.494 e. The fourth-order valence-corrected chi connectivity index (χ4v) is 1.70. The van der Waals surface area contributed by atoms with Gasteiger partial charge in [0.2, 0.25) is 0 Å². The van der Waals surface area contributed by atoms with Crippen molar-refractivity contribution in [3.63, 3.8) is 0 Å². The van der Waals surface area contributed by atoms with Crippen LogP contribution in [0, 0.1) is 0 Å². The predicted molar refractivity (Wildman–Crippen MR) is 85.4 cm³/mol. The number of aliphatic imine (C=N–C) groups is 1. The zero-order valence-electron chi connectivity index (χ0n) is 13.0. The zero-order valence-corrected chi connectivity index (χ0v) is 13.0. The van der Waals surface area contributed by atoms with Gasteiger partial charge >= 0.3 is 0 Å². The average Bonchev–Trinajstić information content (AvgIpc) is 2.47. The molecule has 3 N–H and O–H groups in total. The first-order valence-corrected chi connectivity index (χ1v) is 7.25. The van der Waals surface area contributed by atoms with E-state index in [1.807, 2.05) is 39.0 Å². The monoisotopic (exact) mass is 295 g/mol. The number of guanidine groups is 1. The van der Waals surface area contributed by atoms with E-state index in [9.17, 15) is 0 Å². The molecule has 6 nitrogen and oxygen atoms in total. The van der Waals surface area contributed by atoms with Crippen LogP contribution < -0.4 is 20.5 Å². The van der Waals surface area contributed by atoms with Gasteiger partial charge in [-0.05, 0) is 32.9 Å². The number of nitrogens with zero attached hydrogens (tertiary/aromatic N) is 1. The molecule has 21 heavy (non-hydrogen) atoms.